The topological polar surface area (TPSA) is 56.0 Å². The molecule has 0 aliphatic heterocycles. The minimum Gasteiger partial charge on any atom is -0.339 e. The van der Waals surface area contributed by atoms with Crippen molar-refractivity contribution in [2.45, 2.75) is 36.9 Å². The highest BCUT2D eigenvalue weighted by atomic mass is 79.9. The summed E-state index contributed by atoms with van der Waals surface area (Å²) in [6.45, 7) is 1.76. The van der Waals surface area contributed by atoms with Crippen molar-refractivity contribution < 1.29 is 9.32 Å². The van der Waals surface area contributed by atoms with Crippen molar-refractivity contribution in [1.82, 2.24) is 10.1 Å². The van der Waals surface area contributed by atoms with Crippen molar-refractivity contribution in [3.8, 4) is 0 Å². The highest BCUT2D eigenvalue weighted by molar-refractivity contribution is 9.10. The quantitative estimate of drug-likeness (QED) is 0.723. The third-order valence-electron chi connectivity index (χ3n) is 2.44. The summed E-state index contributed by atoms with van der Waals surface area (Å²) in [7, 11) is 0. The van der Waals surface area contributed by atoms with Gasteiger partial charge in [-0.05, 0) is 19.8 Å². The highest BCUT2D eigenvalue weighted by Crippen LogP contribution is 2.32. The van der Waals surface area contributed by atoms with E-state index in [0.29, 0.717) is 11.7 Å². The lowest BCUT2D eigenvalue weighted by Crippen LogP contribution is -2.27. The van der Waals surface area contributed by atoms with E-state index >= 15 is 0 Å². The molecule has 5 heteroatoms. The van der Waals surface area contributed by atoms with Crippen molar-refractivity contribution in [3.05, 3.63) is 11.7 Å². The third-order valence-corrected chi connectivity index (χ3v) is 3.35. The number of hydrogen-bond donors (Lipinski definition) is 0. The molecule has 0 bridgehead atoms. The predicted molar refractivity (Wildman–Crippen MR) is 53.3 cm³/mol. The Balaban J connectivity index is 2.21. The summed E-state index contributed by atoms with van der Waals surface area (Å²) >= 11 is 3.36. The summed E-state index contributed by atoms with van der Waals surface area (Å²) in [4.78, 5) is 15.8. The molecule has 0 spiro atoms. The van der Waals surface area contributed by atoms with Gasteiger partial charge in [0.05, 0.1) is 10.7 Å². The van der Waals surface area contributed by atoms with Crippen LogP contribution in [0.1, 0.15) is 36.9 Å². The first-order chi connectivity index (χ1) is 6.68. The first-order valence-corrected chi connectivity index (χ1v) is 5.58. The normalized spacial score (nSPS) is 28.0. The van der Waals surface area contributed by atoms with Crippen molar-refractivity contribution in [3.63, 3.8) is 0 Å². The predicted octanol–water partition coefficient (Wildman–Crippen LogP) is 1.98. The molecule has 4 nitrogen and oxygen atoms in total. The molecule has 0 radical (unpaired) electrons. The molecule has 1 saturated carbocycles. The molecule has 0 aromatic carbocycles. The van der Waals surface area contributed by atoms with Gasteiger partial charge in [-0.25, -0.2) is 0 Å². The molecule has 1 heterocycles. The van der Waals surface area contributed by atoms with Crippen LogP contribution in [0.4, 0.5) is 0 Å². The van der Waals surface area contributed by atoms with Crippen LogP contribution in [-0.4, -0.2) is 20.8 Å². The zero-order valence-electron chi connectivity index (χ0n) is 7.86. The highest BCUT2D eigenvalue weighted by Gasteiger charge is 2.34. The number of rotatable bonds is 1. The zero-order valence-corrected chi connectivity index (χ0v) is 9.45. The molecule has 2 rings (SSSR count). The Morgan fingerprint density at radius 1 is 1.50 bits per heavy atom. The number of ketones is 1. The fourth-order valence-corrected chi connectivity index (χ4v) is 2.35. The summed E-state index contributed by atoms with van der Waals surface area (Å²) in [6.07, 6.45) is 2.75. The fraction of sp³-hybridized carbons (Fsp3) is 0.667. The minimum absolute atomic E-state index is 0.0477. The molecule has 1 fully saturated rings. The maximum atomic E-state index is 11.8. The smallest absolute Gasteiger partial charge is 0.237 e. The van der Waals surface area contributed by atoms with E-state index in [1.54, 1.807) is 6.92 Å². The van der Waals surface area contributed by atoms with Crippen LogP contribution >= 0.6 is 15.9 Å². The van der Waals surface area contributed by atoms with Crippen molar-refractivity contribution in [2.75, 3.05) is 0 Å². The van der Waals surface area contributed by atoms with Gasteiger partial charge in [-0.2, -0.15) is 4.98 Å². The summed E-state index contributed by atoms with van der Waals surface area (Å²) in [6, 6.07) is 0. The summed E-state index contributed by atoms with van der Waals surface area (Å²) in [5.41, 5.74) is 0. The number of aromatic nitrogens is 2. The first-order valence-electron chi connectivity index (χ1n) is 4.66. The Hall–Kier alpha value is -0.710. The SMILES string of the molecule is Cc1noc(C2CCCC(Br)C2=O)n1. The second kappa shape index (κ2) is 3.81. The molecule has 14 heavy (non-hydrogen) atoms. The van der Waals surface area contributed by atoms with Gasteiger partial charge in [0.25, 0.3) is 0 Å². The van der Waals surface area contributed by atoms with Gasteiger partial charge in [0, 0.05) is 0 Å². The number of carbonyl (C=O) groups is 1. The fourth-order valence-electron chi connectivity index (χ4n) is 1.70. The van der Waals surface area contributed by atoms with Crippen LogP contribution < -0.4 is 0 Å². The van der Waals surface area contributed by atoms with Gasteiger partial charge in [-0.3, -0.25) is 4.79 Å². The Labute approximate surface area is 90.2 Å². The van der Waals surface area contributed by atoms with Gasteiger partial charge in [-0.1, -0.05) is 27.5 Å². The number of carbonyl (C=O) groups excluding carboxylic acids is 1. The van der Waals surface area contributed by atoms with Crippen LogP contribution in [0.25, 0.3) is 0 Å². The van der Waals surface area contributed by atoms with Gasteiger partial charge < -0.3 is 4.52 Å². The first kappa shape index (κ1) is 9.83. The Morgan fingerprint density at radius 3 is 2.93 bits per heavy atom. The monoisotopic (exact) mass is 258 g/mol. The largest absolute Gasteiger partial charge is 0.339 e. The van der Waals surface area contributed by atoms with E-state index in [1.165, 1.54) is 0 Å². The summed E-state index contributed by atoms with van der Waals surface area (Å²) in [5, 5.41) is 3.70. The standard InChI is InChI=1S/C9H11BrN2O2/c1-5-11-9(14-12-5)6-3-2-4-7(10)8(6)13/h6-7H,2-4H2,1H3. The van der Waals surface area contributed by atoms with Gasteiger partial charge >= 0.3 is 0 Å². The second-order valence-electron chi connectivity index (χ2n) is 3.53. The van der Waals surface area contributed by atoms with Crippen LogP contribution in [0.5, 0.6) is 0 Å². The molecule has 1 aromatic heterocycles. The van der Waals surface area contributed by atoms with E-state index in [1.807, 2.05) is 0 Å². The molecule has 0 saturated heterocycles. The second-order valence-corrected chi connectivity index (χ2v) is 4.64. The van der Waals surface area contributed by atoms with E-state index in [0.717, 1.165) is 19.3 Å². The Morgan fingerprint density at radius 2 is 2.29 bits per heavy atom. The van der Waals surface area contributed by atoms with Gasteiger partial charge in [0.15, 0.2) is 11.6 Å². The lowest BCUT2D eigenvalue weighted by molar-refractivity contribution is -0.121. The summed E-state index contributed by atoms with van der Waals surface area (Å²) < 4.78 is 5.02. The number of hydrogen-bond acceptors (Lipinski definition) is 4. The van der Waals surface area contributed by atoms with Gasteiger partial charge in [-0.15, -0.1) is 0 Å². The lowest BCUT2D eigenvalue weighted by atomic mass is 9.88. The van der Waals surface area contributed by atoms with Crippen LogP contribution in [0.3, 0.4) is 0 Å². The molecular formula is C9H11BrN2O2. The van der Waals surface area contributed by atoms with Gasteiger partial charge in [0.1, 0.15) is 0 Å². The minimum atomic E-state index is -0.200. The number of aryl methyl sites for hydroxylation is 1. The molecule has 0 amide bonds. The number of alkyl halides is 1. The van der Waals surface area contributed by atoms with E-state index in [9.17, 15) is 4.79 Å². The molecule has 0 N–H and O–H groups in total. The Bertz CT molecular complexity index is 350. The van der Waals surface area contributed by atoms with E-state index in [-0.39, 0.29) is 16.5 Å². The molecule has 76 valence electrons. The van der Waals surface area contributed by atoms with E-state index in [2.05, 4.69) is 26.1 Å². The molecular weight excluding hydrogens is 248 g/mol. The van der Waals surface area contributed by atoms with Crippen molar-refractivity contribution >= 4 is 21.7 Å². The Kier molecular flexibility index (Phi) is 2.67. The van der Waals surface area contributed by atoms with Crippen molar-refractivity contribution in [1.29, 1.82) is 0 Å². The maximum Gasteiger partial charge on any atom is 0.237 e. The van der Waals surface area contributed by atoms with E-state index in [4.69, 9.17) is 4.52 Å². The molecule has 1 aliphatic rings. The molecule has 2 unspecified atom stereocenters. The van der Waals surface area contributed by atoms with Crippen molar-refractivity contribution in [2.24, 2.45) is 0 Å². The average Bonchev–Trinajstić information content (AvgIpc) is 2.57. The average molecular weight is 259 g/mol. The summed E-state index contributed by atoms with van der Waals surface area (Å²) in [5.74, 6) is 1.02. The molecule has 2 atom stereocenters. The number of halogens is 1. The van der Waals surface area contributed by atoms with E-state index < -0.39 is 0 Å². The number of nitrogens with zero attached hydrogens (tertiary/aromatic N) is 2. The number of Topliss-reactive ketones (excluding diaryl/α,β-unsaturated/α-hetero) is 1. The lowest BCUT2D eigenvalue weighted by Gasteiger charge is -2.21. The zero-order chi connectivity index (χ0) is 10.1. The van der Waals surface area contributed by atoms with Gasteiger partial charge in [0.2, 0.25) is 5.89 Å². The van der Waals surface area contributed by atoms with Crippen LogP contribution in [0, 0.1) is 6.92 Å². The third kappa shape index (κ3) is 1.73. The van der Waals surface area contributed by atoms with Crippen LogP contribution in [0.2, 0.25) is 0 Å². The molecule has 1 aromatic rings. The maximum absolute atomic E-state index is 11.8. The van der Waals surface area contributed by atoms with Crippen LogP contribution in [0.15, 0.2) is 4.52 Å². The van der Waals surface area contributed by atoms with Crippen LogP contribution in [-0.2, 0) is 4.79 Å². The molecule has 1 aliphatic carbocycles.